The third-order valence-corrected chi connectivity index (χ3v) is 2.90. The second-order valence-corrected chi connectivity index (χ2v) is 4.02. The zero-order chi connectivity index (χ0) is 10.1. The number of nitrogens with one attached hydrogen (secondary N) is 1. The van der Waals surface area contributed by atoms with Gasteiger partial charge in [-0.1, -0.05) is 11.6 Å². The Labute approximate surface area is 94.4 Å². The van der Waals surface area contributed by atoms with Crippen LogP contribution >= 0.6 is 27.5 Å². The molecule has 1 heterocycles. The largest absolute Gasteiger partial charge is 0.323 e. The van der Waals surface area contributed by atoms with Gasteiger partial charge in [0.1, 0.15) is 0 Å². The van der Waals surface area contributed by atoms with Crippen LogP contribution in [0.1, 0.15) is 0 Å². The number of hydrogen-bond donors (Lipinski definition) is 2. The summed E-state index contributed by atoms with van der Waals surface area (Å²) in [5.74, 6) is 5.38. The van der Waals surface area contributed by atoms with Crippen LogP contribution in [0, 0.1) is 0 Å². The lowest BCUT2D eigenvalue weighted by molar-refractivity contribution is 1.33. The minimum absolute atomic E-state index is 0.629. The summed E-state index contributed by atoms with van der Waals surface area (Å²) in [7, 11) is 0. The van der Waals surface area contributed by atoms with Crippen molar-refractivity contribution in [1.29, 1.82) is 0 Å². The third kappa shape index (κ3) is 1.45. The Balaban J connectivity index is 2.92. The summed E-state index contributed by atoms with van der Waals surface area (Å²) in [6.45, 7) is 0. The molecule has 0 atom stereocenters. The Morgan fingerprint density at radius 2 is 2.14 bits per heavy atom. The number of anilines is 1. The molecule has 0 radical (unpaired) electrons. The van der Waals surface area contributed by atoms with Gasteiger partial charge in [-0.25, -0.2) is 0 Å². The fourth-order valence-electron chi connectivity index (χ4n) is 1.31. The standard InChI is InChI=1S/C9H7BrClN3/c10-5-1-2-6(11)8-7(14-12)3-4-13-9(5)8/h1-4H,12H2,(H,13,14). The van der Waals surface area contributed by atoms with E-state index in [-0.39, 0.29) is 0 Å². The van der Waals surface area contributed by atoms with Gasteiger partial charge in [-0.2, -0.15) is 0 Å². The minimum atomic E-state index is 0.629. The lowest BCUT2D eigenvalue weighted by atomic mass is 10.2. The number of fused-ring (bicyclic) bond motifs is 1. The number of nitrogens with zero attached hydrogens (tertiary/aromatic N) is 1. The van der Waals surface area contributed by atoms with E-state index in [2.05, 4.69) is 26.3 Å². The van der Waals surface area contributed by atoms with Crippen LogP contribution in [0.5, 0.6) is 0 Å². The number of hydrogen-bond acceptors (Lipinski definition) is 3. The fraction of sp³-hybridized carbons (Fsp3) is 0. The molecule has 1 aromatic carbocycles. The van der Waals surface area contributed by atoms with Crippen LogP contribution in [-0.4, -0.2) is 4.98 Å². The molecule has 1 aromatic heterocycles. The predicted molar refractivity (Wildman–Crippen MR) is 62.3 cm³/mol. The average Bonchev–Trinajstić information content (AvgIpc) is 2.23. The van der Waals surface area contributed by atoms with E-state index in [1.807, 2.05) is 6.07 Å². The number of hydrazine groups is 1. The summed E-state index contributed by atoms with van der Waals surface area (Å²) >= 11 is 9.46. The van der Waals surface area contributed by atoms with Gasteiger partial charge >= 0.3 is 0 Å². The molecule has 5 heteroatoms. The molecule has 2 rings (SSSR count). The molecule has 2 aromatic rings. The summed E-state index contributed by atoms with van der Waals surface area (Å²) in [5.41, 5.74) is 4.16. The second kappa shape index (κ2) is 3.73. The molecule has 0 fully saturated rings. The van der Waals surface area contributed by atoms with Crippen molar-refractivity contribution in [2.24, 2.45) is 5.84 Å². The quantitative estimate of drug-likeness (QED) is 0.620. The smallest absolute Gasteiger partial charge is 0.0880 e. The Hall–Kier alpha value is -0.840. The molecule has 3 nitrogen and oxygen atoms in total. The topological polar surface area (TPSA) is 50.9 Å². The summed E-state index contributed by atoms with van der Waals surface area (Å²) in [6, 6.07) is 5.44. The van der Waals surface area contributed by atoms with Crippen LogP contribution < -0.4 is 11.3 Å². The highest BCUT2D eigenvalue weighted by Crippen LogP contribution is 2.32. The summed E-state index contributed by atoms with van der Waals surface area (Å²) in [4.78, 5) is 4.22. The van der Waals surface area contributed by atoms with Gasteiger partial charge in [0.05, 0.1) is 16.2 Å². The van der Waals surface area contributed by atoms with E-state index in [0.717, 1.165) is 21.1 Å². The highest BCUT2D eigenvalue weighted by atomic mass is 79.9. The molecule has 0 saturated carbocycles. The number of benzene rings is 1. The first kappa shape index (κ1) is 9.71. The van der Waals surface area contributed by atoms with Gasteiger partial charge < -0.3 is 5.43 Å². The van der Waals surface area contributed by atoms with Crippen molar-refractivity contribution in [2.45, 2.75) is 0 Å². The van der Waals surface area contributed by atoms with Crippen molar-refractivity contribution in [3.63, 3.8) is 0 Å². The average molecular weight is 273 g/mol. The zero-order valence-corrected chi connectivity index (χ0v) is 9.43. The van der Waals surface area contributed by atoms with Gasteiger partial charge in [-0.15, -0.1) is 0 Å². The predicted octanol–water partition coefficient (Wildman–Crippen LogP) is 2.94. The molecule has 0 aliphatic carbocycles. The first-order valence-electron chi connectivity index (χ1n) is 3.93. The maximum atomic E-state index is 6.06. The molecule has 0 aliphatic heterocycles. The summed E-state index contributed by atoms with van der Waals surface area (Å²) < 4.78 is 0.897. The van der Waals surface area contributed by atoms with Crippen LogP contribution in [0.15, 0.2) is 28.9 Å². The van der Waals surface area contributed by atoms with Crippen LogP contribution in [0.3, 0.4) is 0 Å². The van der Waals surface area contributed by atoms with Crippen molar-refractivity contribution in [3.8, 4) is 0 Å². The van der Waals surface area contributed by atoms with E-state index in [0.29, 0.717) is 5.02 Å². The molecule has 0 bridgehead atoms. The number of pyridine rings is 1. The molecule has 0 aliphatic rings. The van der Waals surface area contributed by atoms with Crippen molar-refractivity contribution < 1.29 is 0 Å². The van der Waals surface area contributed by atoms with Crippen LogP contribution in [0.25, 0.3) is 10.9 Å². The molecule has 72 valence electrons. The molecule has 0 amide bonds. The summed E-state index contributed by atoms with van der Waals surface area (Å²) in [5, 5.41) is 1.45. The highest BCUT2D eigenvalue weighted by molar-refractivity contribution is 9.10. The maximum absolute atomic E-state index is 6.06. The van der Waals surface area contributed by atoms with Gasteiger partial charge in [0, 0.05) is 16.1 Å². The van der Waals surface area contributed by atoms with Gasteiger partial charge in [-0.3, -0.25) is 10.8 Å². The second-order valence-electron chi connectivity index (χ2n) is 2.76. The lowest BCUT2D eigenvalue weighted by Gasteiger charge is -2.07. The third-order valence-electron chi connectivity index (χ3n) is 1.95. The maximum Gasteiger partial charge on any atom is 0.0880 e. The SMILES string of the molecule is NNc1ccnc2c(Br)ccc(Cl)c12. The van der Waals surface area contributed by atoms with E-state index in [9.17, 15) is 0 Å². The molecule has 0 unspecified atom stereocenters. The normalized spacial score (nSPS) is 10.5. The van der Waals surface area contributed by atoms with Gasteiger partial charge in [-0.05, 0) is 34.1 Å². The van der Waals surface area contributed by atoms with Crippen molar-refractivity contribution in [3.05, 3.63) is 33.9 Å². The van der Waals surface area contributed by atoms with Crippen LogP contribution in [0.2, 0.25) is 5.02 Å². The first-order chi connectivity index (χ1) is 6.74. The first-order valence-corrected chi connectivity index (χ1v) is 5.10. The van der Waals surface area contributed by atoms with Gasteiger partial charge in [0.15, 0.2) is 0 Å². The number of rotatable bonds is 1. The Morgan fingerprint density at radius 3 is 2.86 bits per heavy atom. The zero-order valence-electron chi connectivity index (χ0n) is 7.09. The Morgan fingerprint density at radius 1 is 1.36 bits per heavy atom. The van der Waals surface area contributed by atoms with Crippen LogP contribution in [-0.2, 0) is 0 Å². The van der Waals surface area contributed by atoms with E-state index in [4.69, 9.17) is 17.4 Å². The molecule has 14 heavy (non-hydrogen) atoms. The molecular formula is C9H7BrClN3. The van der Waals surface area contributed by atoms with Crippen molar-refractivity contribution in [2.75, 3.05) is 5.43 Å². The minimum Gasteiger partial charge on any atom is -0.323 e. The fourth-order valence-corrected chi connectivity index (χ4v) is 2.00. The monoisotopic (exact) mass is 271 g/mol. The molecule has 3 N–H and O–H groups in total. The Kier molecular flexibility index (Phi) is 2.58. The number of halogens is 2. The van der Waals surface area contributed by atoms with Gasteiger partial charge in [0.25, 0.3) is 0 Å². The van der Waals surface area contributed by atoms with Crippen LogP contribution in [0.4, 0.5) is 5.69 Å². The Bertz CT molecular complexity index is 487. The summed E-state index contributed by atoms with van der Waals surface area (Å²) in [6.07, 6.45) is 1.68. The van der Waals surface area contributed by atoms with E-state index < -0.39 is 0 Å². The molecule has 0 spiro atoms. The van der Waals surface area contributed by atoms with E-state index >= 15 is 0 Å². The molecular weight excluding hydrogens is 265 g/mol. The highest BCUT2D eigenvalue weighted by Gasteiger charge is 2.07. The number of aromatic nitrogens is 1. The van der Waals surface area contributed by atoms with E-state index in [1.165, 1.54) is 0 Å². The molecule has 0 saturated heterocycles. The number of nitrogen functional groups attached to an aromatic ring is 1. The van der Waals surface area contributed by atoms with E-state index in [1.54, 1.807) is 18.3 Å². The lowest BCUT2D eigenvalue weighted by Crippen LogP contribution is -2.07. The van der Waals surface area contributed by atoms with Crippen molar-refractivity contribution >= 4 is 44.1 Å². The number of nitrogens with two attached hydrogens (primary N) is 1. The van der Waals surface area contributed by atoms with Crippen molar-refractivity contribution in [1.82, 2.24) is 4.98 Å². The van der Waals surface area contributed by atoms with Gasteiger partial charge in [0.2, 0.25) is 0 Å².